The molecule has 0 radical (unpaired) electrons. The minimum Gasteiger partial charge on any atom is -0.489 e. The monoisotopic (exact) mass is 370 g/mol. The molecular weight excluding hydrogens is 356 g/mol. The lowest BCUT2D eigenvalue weighted by atomic mass is 10.2. The van der Waals surface area contributed by atoms with Gasteiger partial charge in [0.2, 0.25) is 0 Å². The van der Waals surface area contributed by atoms with Crippen molar-refractivity contribution in [3.05, 3.63) is 76.7 Å². The number of ether oxygens (including phenoxy) is 1. The van der Waals surface area contributed by atoms with Crippen LogP contribution in [0.3, 0.4) is 0 Å². The van der Waals surface area contributed by atoms with Crippen molar-refractivity contribution in [2.24, 2.45) is 4.99 Å². The quantitative estimate of drug-likeness (QED) is 0.607. The molecular formula is C19H15ClN2O2S. The van der Waals surface area contributed by atoms with Crippen LogP contribution >= 0.6 is 23.4 Å². The Bertz CT molecular complexity index is 877. The second-order valence-electron chi connectivity index (χ2n) is 5.07. The van der Waals surface area contributed by atoms with Crippen LogP contribution in [0.25, 0.3) is 6.08 Å². The Hall–Kier alpha value is -2.50. The number of thioether (sulfide) groups is 1. The Balaban J connectivity index is 1.85. The molecule has 0 aromatic heterocycles. The summed E-state index contributed by atoms with van der Waals surface area (Å²) in [6.07, 6.45) is 3.46. The van der Waals surface area contributed by atoms with Crippen LogP contribution in [0.15, 0.2) is 71.1 Å². The van der Waals surface area contributed by atoms with Crippen LogP contribution < -0.4 is 10.1 Å². The molecule has 2 aromatic carbocycles. The fourth-order valence-electron chi connectivity index (χ4n) is 2.15. The summed E-state index contributed by atoms with van der Waals surface area (Å²) in [7, 11) is 0. The van der Waals surface area contributed by atoms with E-state index < -0.39 is 0 Å². The van der Waals surface area contributed by atoms with Crippen molar-refractivity contribution in [3.63, 3.8) is 0 Å². The van der Waals surface area contributed by atoms with Crippen molar-refractivity contribution < 1.29 is 9.53 Å². The van der Waals surface area contributed by atoms with E-state index in [1.54, 1.807) is 24.3 Å². The summed E-state index contributed by atoms with van der Waals surface area (Å²) in [4.78, 5) is 17.2. The Kier molecular flexibility index (Phi) is 5.58. The van der Waals surface area contributed by atoms with E-state index in [1.165, 1.54) is 11.8 Å². The number of benzene rings is 2. The Labute approximate surface area is 155 Å². The Morgan fingerprint density at radius 2 is 1.96 bits per heavy atom. The number of carbonyl (C=O) groups excluding carboxylic acids is 1. The fraction of sp³-hybridized carbons (Fsp3) is 0.0526. The normalized spacial score (nSPS) is 16.9. The second-order valence-corrected chi connectivity index (χ2v) is 6.51. The van der Waals surface area contributed by atoms with Gasteiger partial charge in [-0.1, -0.05) is 54.6 Å². The van der Waals surface area contributed by atoms with Gasteiger partial charge in [0.1, 0.15) is 12.4 Å². The molecule has 126 valence electrons. The summed E-state index contributed by atoms with van der Waals surface area (Å²) >= 11 is 7.37. The molecule has 0 atom stereocenters. The number of hydrogen-bond acceptors (Lipinski definition) is 4. The largest absolute Gasteiger partial charge is 0.489 e. The number of nitrogens with one attached hydrogen (secondary N) is 1. The molecule has 6 heteroatoms. The summed E-state index contributed by atoms with van der Waals surface area (Å²) in [6, 6.07) is 14.7. The zero-order chi connectivity index (χ0) is 17.6. The van der Waals surface area contributed by atoms with E-state index in [0.29, 0.717) is 33.1 Å². The van der Waals surface area contributed by atoms with Crippen molar-refractivity contribution in [3.8, 4) is 5.75 Å². The third-order valence-corrected chi connectivity index (χ3v) is 4.52. The molecule has 3 rings (SSSR count). The van der Waals surface area contributed by atoms with E-state index in [9.17, 15) is 4.79 Å². The third kappa shape index (κ3) is 4.32. The topological polar surface area (TPSA) is 50.7 Å². The van der Waals surface area contributed by atoms with Crippen LogP contribution in [0.4, 0.5) is 5.69 Å². The van der Waals surface area contributed by atoms with Gasteiger partial charge in [-0.05, 0) is 36.0 Å². The van der Waals surface area contributed by atoms with Crippen LogP contribution in [-0.4, -0.2) is 17.7 Å². The average molecular weight is 371 g/mol. The lowest BCUT2D eigenvalue weighted by Crippen LogP contribution is -2.19. The average Bonchev–Trinajstić information content (AvgIpc) is 2.95. The smallest absolute Gasteiger partial charge is 0.264 e. The summed E-state index contributed by atoms with van der Waals surface area (Å²) in [5.41, 5.74) is 1.43. The van der Waals surface area contributed by atoms with Crippen LogP contribution in [0.2, 0.25) is 5.02 Å². The predicted octanol–water partition coefficient (Wildman–Crippen LogP) is 4.80. The molecule has 1 fully saturated rings. The molecule has 1 saturated heterocycles. The number of hydrogen-bond donors (Lipinski definition) is 1. The molecule has 0 spiro atoms. The minimum absolute atomic E-state index is 0.200. The SMILES string of the molecule is C=CCOc1ccccc1/C=C1\SC(=Nc2ccccc2Cl)NC1=O. The summed E-state index contributed by atoms with van der Waals surface area (Å²) in [6.45, 7) is 4.04. The van der Waals surface area contributed by atoms with Crippen molar-refractivity contribution in [2.45, 2.75) is 0 Å². The Morgan fingerprint density at radius 1 is 1.20 bits per heavy atom. The number of halogens is 1. The molecule has 2 aromatic rings. The highest BCUT2D eigenvalue weighted by Crippen LogP contribution is 2.32. The molecule has 4 nitrogen and oxygen atoms in total. The first-order chi connectivity index (χ1) is 12.2. The number of amidine groups is 1. The van der Waals surface area contributed by atoms with Gasteiger partial charge in [0, 0.05) is 5.56 Å². The van der Waals surface area contributed by atoms with E-state index in [0.717, 1.165) is 5.56 Å². The van der Waals surface area contributed by atoms with Gasteiger partial charge in [0.25, 0.3) is 5.91 Å². The van der Waals surface area contributed by atoms with Gasteiger partial charge in [0.15, 0.2) is 5.17 Å². The Morgan fingerprint density at radius 3 is 2.76 bits per heavy atom. The fourth-order valence-corrected chi connectivity index (χ4v) is 3.16. The van der Waals surface area contributed by atoms with E-state index in [2.05, 4.69) is 16.9 Å². The van der Waals surface area contributed by atoms with Crippen molar-refractivity contribution in [1.29, 1.82) is 0 Å². The van der Waals surface area contributed by atoms with Crippen molar-refractivity contribution in [1.82, 2.24) is 5.32 Å². The molecule has 0 saturated carbocycles. The van der Waals surface area contributed by atoms with Crippen molar-refractivity contribution in [2.75, 3.05) is 6.61 Å². The summed E-state index contributed by atoms with van der Waals surface area (Å²) < 4.78 is 5.62. The molecule has 0 aliphatic carbocycles. The maximum atomic E-state index is 12.2. The molecule has 1 aliphatic rings. The molecule has 1 aliphatic heterocycles. The maximum absolute atomic E-state index is 12.2. The number of amides is 1. The second kappa shape index (κ2) is 8.05. The lowest BCUT2D eigenvalue weighted by Gasteiger charge is -2.06. The van der Waals surface area contributed by atoms with E-state index >= 15 is 0 Å². The van der Waals surface area contributed by atoms with Gasteiger partial charge in [-0.25, -0.2) is 4.99 Å². The van der Waals surface area contributed by atoms with E-state index in [1.807, 2.05) is 36.4 Å². The number of rotatable bonds is 5. The van der Waals surface area contributed by atoms with Gasteiger partial charge < -0.3 is 10.1 Å². The predicted molar refractivity (Wildman–Crippen MR) is 104 cm³/mol. The highest BCUT2D eigenvalue weighted by atomic mass is 35.5. The first-order valence-corrected chi connectivity index (χ1v) is 8.73. The van der Waals surface area contributed by atoms with Gasteiger partial charge >= 0.3 is 0 Å². The number of aliphatic imine (C=N–C) groups is 1. The number of carbonyl (C=O) groups is 1. The molecule has 25 heavy (non-hydrogen) atoms. The van der Waals surface area contributed by atoms with Crippen LogP contribution in [-0.2, 0) is 4.79 Å². The zero-order valence-electron chi connectivity index (χ0n) is 13.2. The molecule has 1 heterocycles. The van der Waals surface area contributed by atoms with Gasteiger partial charge in [0.05, 0.1) is 15.6 Å². The van der Waals surface area contributed by atoms with E-state index in [-0.39, 0.29) is 5.91 Å². The van der Waals surface area contributed by atoms with Gasteiger partial charge in [-0.15, -0.1) is 0 Å². The van der Waals surface area contributed by atoms with Crippen LogP contribution in [0.1, 0.15) is 5.56 Å². The number of nitrogens with zero attached hydrogens (tertiary/aromatic N) is 1. The van der Waals surface area contributed by atoms with Crippen molar-refractivity contribution >= 4 is 46.2 Å². The summed E-state index contributed by atoms with van der Waals surface area (Å²) in [5, 5.41) is 3.78. The van der Waals surface area contributed by atoms with Crippen LogP contribution in [0.5, 0.6) is 5.75 Å². The minimum atomic E-state index is -0.200. The van der Waals surface area contributed by atoms with Gasteiger partial charge in [-0.3, -0.25) is 4.79 Å². The summed E-state index contributed by atoms with van der Waals surface area (Å²) in [5.74, 6) is 0.495. The third-order valence-electron chi connectivity index (χ3n) is 3.29. The lowest BCUT2D eigenvalue weighted by molar-refractivity contribution is -0.115. The first kappa shape index (κ1) is 17.3. The van der Waals surface area contributed by atoms with E-state index in [4.69, 9.17) is 16.3 Å². The highest BCUT2D eigenvalue weighted by Gasteiger charge is 2.24. The zero-order valence-corrected chi connectivity index (χ0v) is 14.8. The molecule has 1 N–H and O–H groups in total. The standard InChI is InChI=1S/C19H15ClN2O2S/c1-2-11-24-16-10-6-3-7-13(16)12-17-18(23)22-19(25-17)21-15-9-5-4-8-14(15)20/h2-10,12H,1,11H2,(H,21,22,23)/b17-12-. The molecule has 1 amide bonds. The first-order valence-electron chi connectivity index (χ1n) is 7.54. The molecule has 0 unspecified atom stereocenters. The number of para-hydroxylation sites is 2. The molecule has 0 bridgehead atoms. The van der Waals surface area contributed by atoms with Gasteiger partial charge in [-0.2, -0.15) is 0 Å². The highest BCUT2D eigenvalue weighted by molar-refractivity contribution is 8.18. The van der Waals surface area contributed by atoms with Crippen LogP contribution in [0, 0.1) is 0 Å². The maximum Gasteiger partial charge on any atom is 0.264 e.